The highest BCUT2D eigenvalue weighted by molar-refractivity contribution is 5.44. The van der Waals surface area contributed by atoms with Crippen molar-refractivity contribution in [3.05, 3.63) is 55.9 Å². The average Bonchev–Trinajstić information content (AvgIpc) is 2.44. The zero-order chi connectivity index (χ0) is 14.7. The second kappa shape index (κ2) is 5.64. The van der Waals surface area contributed by atoms with Gasteiger partial charge in [0.1, 0.15) is 0 Å². The van der Waals surface area contributed by atoms with Crippen LogP contribution in [0.5, 0.6) is 11.5 Å². The minimum atomic E-state index is -0.504. The summed E-state index contributed by atoms with van der Waals surface area (Å²) in [4.78, 5) is 27.7. The number of hydrogen-bond acceptors (Lipinski definition) is 4. The largest absolute Gasteiger partial charge is 0.493 e. The van der Waals surface area contributed by atoms with Gasteiger partial charge in [-0.25, -0.2) is 4.79 Å². The molecule has 1 aromatic heterocycles. The lowest BCUT2D eigenvalue weighted by Gasteiger charge is -2.10. The summed E-state index contributed by atoms with van der Waals surface area (Å²) >= 11 is 0. The second-order valence-corrected chi connectivity index (χ2v) is 4.38. The molecule has 0 aliphatic carbocycles. The van der Waals surface area contributed by atoms with Crippen molar-refractivity contribution in [2.45, 2.75) is 13.3 Å². The van der Waals surface area contributed by atoms with Crippen LogP contribution in [0.1, 0.15) is 16.8 Å². The summed E-state index contributed by atoms with van der Waals surface area (Å²) in [5.74, 6) is 1.24. The minimum Gasteiger partial charge on any atom is -0.493 e. The molecule has 106 valence electrons. The number of ether oxygens (including phenoxy) is 2. The quantitative estimate of drug-likeness (QED) is 0.871. The van der Waals surface area contributed by atoms with Gasteiger partial charge in [-0.1, -0.05) is 6.07 Å². The lowest BCUT2D eigenvalue weighted by atomic mass is 10.1. The molecule has 0 atom stereocenters. The Hall–Kier alpha value is -2.50. The Kier molecular flexibility index (Phi) is 3.93. The molecule has 2 rings (SSSR count). The second-order valence-electron chi connectivity index (χ2n) is 4.38. The maximum absolute atomic E-state index is 11.6. The first-order valence-electron chi connectivity index (χ1n) is 6.08. The van der Waals surface area contributed by atoms with Gasteiger partial charge < -0.3 is 14.5 Å². The van der Waals surface area contributed by atoms with E-state index in [0.29, 0.717) is 29.2 Å². The van der Waals surface area contributed by atoms with Crippen molar-refractivity contribution in [2.24, 2.45) is 0 Å². The van der Waals surface area contributed by atoms with Crippen LogP contribution in [0.4, 0.5) is 0 Å². The summed E-state index contributed by atoms with van der Waals surface area (Å²) < 4.78 is 10.4. The summed E-state index contributed by atoms with van der Waals surface area (Å²) in [6.45, 7) is 1.67. The maximum atomic E-state index is 11.6. The van der Waals surface area contributed by atoms with E-state index in [1.807, 2.05) is 12.1 Å². The van der Waals surface area contributed by atoms with E-state index in [0.717, 1.165) is 5.56 Å². The maximum Gasteiger partial charge on any atom is 0.325 e. The summed E-state index contributed by atoms with van der Waals surface area (Å²) in [5, 5.41) is 0. The number of rotatable bonds is 4. The van der Waals surface area contributed by atoms with Crippen LogP contribution >= 0.6 is 0 Å². The summed E-state index contributed by atoms with van der Waals surface area (Å²) in [6.07, 6.45) is 0.436. The van der Waals surface area contributed by atoms with Crippen LogP contribution in [0, 0.1) is 6.92 Å². The number of benzene rings is 1. The fraction of sp³-hybridized carbons (Fsp3) is 0.286. The van der Waals surface area contributed by atoms with E-state index < -0.39 is 5.69 Å². The van der Waals surface area contributed by atoms with Crippen LogP contribution < -0.4 is 20.7 Å². The molecule has 20 heavy (non-hydrogen) atoms. The minimum absolute atomic E-state index is 0.371. The molecule has 0 radical (unpaired) electrons. The summed E-state index contributed by atoms with van der Waals surface area (Å²) in [6, 6.07) is 5.47. The number of methoxy groups -OCH3 is 2. The first-order valence-corrected chi connectivity index (χ1v) is 6.08. The average molecular weight is 276 g/mol. The van der Waals surface area contributed by atoms with Gasteiger partial charge >= 0.3 is 5.69 Å². The SMILES string of the molecule is COc1ccc(Cc2[nH]c(=O)[nH]c(=O)c2C)cc1OC. The predicted molar refractivity (Wildman–Crippen MR) is 74.8 cm³/mol. The van der Waals surface area contributed by atoms with Gasteiger partial charge in [0.05, 0.1) is 14.2 Å². The van der Waals surface area contributed by atoms with Gasteiger partial charge in [0.2, 0.25) is 0 Å². The van der Waals surface area contributed by atoms with Gasteiger partial charge in [-0.3, -0.25) is 9.78 Å². The molecule has 1 aromatic carbocycles. The Morgan fingerprint density at radius 3 is 2.40 bits per heavy atom. The Balaban J connectivity index is 2.40. The van der Waals surface area contributed by atoms with Gasteiger partial charge in [-0.05, 0) is 24.6 Å². The van der Waals surface area contributed by atoms with Crippen molar-refractivity contribution in [1.29, 1.82) is 0 Å². The van der Waals surface area contributed by atoms with Crippen LogP contribution in [-0.4, -0.2) is 24.2 Å². The fourth-order valence-electron chi connectivity index (χ4n) is 1.97. The van der Waals surface area contributed by atoms with Crippen LogP contribution in [0.25, 0.3) is 0 Å². The molecule has 0 saturated heterocycles. The van der Waals surface area contributed by atoms with Crippen LogP contribution in [-0.2, 0) is 6.42 Å². The van der Waals surface area contributed by atoms with Gasteiger partial charge in [0.25, 0.3) is 5.56 Å². The first-order chi connectivity index (χ1) is 9.55. The standard InChI is InChI=1S/C14H16N2O4/c1-8-10(15-14(18)16-13(8)17)6-9-4-5-11(19-2)12(7-9)20-3/h4-5,7H,6H2,1-3H3,(H2,15,16,17,18). The van der Waals surface area contributed by atoms with E-state index in [9.17, 15) is 9.59 Å². The zero-order valence-corrected chi connectivity index (χ0v) is 11.6. The highest BCUT2D eigenvalue weighted by Crippen LogP contribution is 2.28. The highest BCUT2D eigenvalue weighted by Gasteiger charge is 2.09. The fourth-order valence-corrected chi connectivity index (χ4v) is 1.97. The number of hydrogen-bond donors (Lipinski definition) is 2. The molecule has 0 aliphatic heterocycles. The van der Waals surface area contributed by atoms with E-state index >= 15 is 0 Å². The van der Waals surface area contributed by atoms with Crippen molar-refractivity contribution in [2.75, 3.05) is 14.2 Å². The molecule has 0 bridgehead atoms. The number of aromatic amines is 2. The van der Waals surface area contributed by atoms with E-state index in [-0.39, 0.29) is 5.56 Å². The molecule has 0 aliphatic rings. The Labute approximate surface area is 115 Å². The molecule has 0 fully saturated rings. The van der Waals surface area contributed by atoms with Gasteiger partial charge in [-0.2, -0.15) is 0 Å². The molecule has 2 aromatic rings. The molecule has 6 nitrogen and oxygen atoms in total. The lowest BCUT2D eigenvalue weighted by Crippen LogP contribution is -2.26. The van der Waals surface area contributed by atoms with Gasteiger partial charge in [0, 0.05) is 17.7 Å². The molecule has 2 N–H and O–H groups in total. The smallest absolute Gasteiger partial charge is 0.325 e. The monoisotopic (exact) mass is 276 g/mol. The Bertz CT molecular complexity index is 731. The van der Waals surface area contributed by atoms with Crippen molar-refractivity contribution in [3.8, 4) is 11.5 Å². The van der Waals surface area contributed by atoms with Crippen LogP contribution in [0.2, 0.25) is 0 Å². The number of H-pyrrole nitrogens is 2. The summed E-state index contributed by atoms with van der Waals surface area (Å²) in [7, 11) is 3.12. The normalized spacial score (nSPS) is 10.3. The van der Waals surface area contributed by atoms with Gasteiger partial charge in [-0.15, -0.1) is 0 Å². The molecule has 0 saturated carbocycles. The van der Waals surface area contributed by atoms with E-state index in [2.05, 4.69) is 9.97 Å². The Morgan fingerprint density at radius 2 is 1.75 bits per heavy atom. The third kappa shape index (κ3) is 2.74. The predicted octanol–water partition coefficient (Wildman–Crippen LogP) is 0.980. The van der Waals surface area contributed by atoms with E-state index in [1.165, 1.54) is 0 Å². The highest BCUT2D eigenvalue weighted by atomic mass is 16.5. The van der Waals surface area contributed by atoms with E-state index in [1.54, 1.807) is 27.2 Å². The molecule has 0 amide bonds. The van der Waals surface area contributed by atoms with Gasteiger partial charge in [0.15, 0.2) is 11.5 Å². The van der Waals surface area contributed by atoms with Crippen molar-refractivity contribution >= 4 is 0 Å². The van der Waals surface area contributed by atoms with Crippen molar-refractivity contribution in [3.63, 3.8) is 0 Å². The third-order valence-electron chi connectivity index (χ3n) is 3.11. The van der Waals surface area contributed by atoms with Crippen LogP contribution in [0.15, 0.2) is 27.8 Å². The number of aromatic nitrogens is 2. The molecular formula is C14H16N2O4. The third-order valence-corrected chi connectivity index (χ3v) is 3.11. The number of nitrogens with one attached hydrogen (secondary N) is 2. The lowest BCUT2D eigenvalue weighted by molar-refractivity contribution is 0.354. The Morgan fingerprint density at radius 1 is 1.05 bits per heavy atom. The molecule has 1 heterocycles. The molecule has 0 unspecified atom stereocenters. The van der Waals surface area contributed by atoms with Crippen molar-refractivity contribution in [1.82, 2.24) is 9.97 Å². The molecule has 0 spiro atoms. The molecular weight excluding hydrogens is 260 g/mol. The van der Waals surface area contributed by atoms with Crippen molar-refractivity contribution < 1.29 is 9.47 Å². The summed E-state index contributed by atoms with van der Waals surface area (Å²) in [5.41, 5.74) is 1.12. The molecule has 6 heteroatoms. The first kappa shape index (κ1) is 13.9. The van der Waals surface area contributed by atoms with E-state index in [4.69, 9.17) is 9.47 Å². The van der Waals surface area contributed by atoms with Crippen LogP contribution in [0.3, 0.4) is 0 Å². The zero-order valence-electron chi connectivity index (χ0n) is 11.6. The topological polar surface area (TPSA) is 84.2 Å².